The zero-order chi connectivity index (χ0) is 22.9. The van der Waals surface area contributed by atoms with Gasteiger partial charge in [0.2, 0.25) is 0 Å². The summed E-state index contributed by atoms with van der Waals surface area (Å²) >= 11 is 0. The first-order valence-electron chi connectivity index (χ1n) is 10.6. The van der Waals surface area contributed by atoms with Crippen molar-refractivity contribution in [2.24, 2.45) is 13.0 Å². The van der Waals surface area contributed by atoms with E-state index in [0.29, 0.717) is 13.0 Å². The topological polar surface area (TPSA) is 79.7 Å². The second kappa shape index (κ2) is 11.5. The van der Waals surface area contributed by atoms with Crippen molar-refractivity contribution in [3.8, 4) is 0 Å². The third-order valence-electron chi connectivity index (χ3n) is 5.38. The number of ether oxygens (including phenoxy) is 2. The van der Waals surface area contributed by atoms with E-state index in [9.17, 15) is 9.59 Å². The van der Waals surface area contributed by atoms with Gasteiger partial charge in [-0.2, -0.15) is 0 Å². The summed E-state index contributed by atoms with van der Waals surface area (Å²) in [6.45, 7) is 15.6. The fraction of sp³-hybridized carbons (Fsp3) is 0.682. The summed E-state index contributed by atoms with van der Waals surface area (Å²) in [5.41, 5.74) is 0.871. The van der Waals surface area contributed by atoms with Crippen LogP contribution >= 0.6 is 0 Å². The van der Waals surface area contributed by atoms with Gasteiger partial charge in [-0.05, 0) is 44.5 Å². The summed E-state index contributed by atoms with van der Waals surface area (Å²) in [7, 11) is 0.0788. The van der Waals surface area contributed by atoms with Crippen molar-refractivity contribution in [1.29, 1.82) is 0 Å². The molecule has 0 bridgehead atoms. The molecule has 0 aliphatic carbocycles. The van der Waals surface area contributed by atoms with Crippen molar-refractivity contribution in [2.75, 3.05) is 13.2 Å². The molecule has 1 aromatic heterocycles. The minimum absolute atomic E-state index is 0.00316. The number of carbonyl (C=O) groups excluding carboxylic acids is 2. The predicted molar refractivity (Wildman–Crippen MR) is 120 cm³/mol. The van der Waals surface area contributed by atoms with E-state index in [4.69, 9.17) is 13.9 Å². The molecule has 0 aliphatic rings. The second-order valence-electron chi connectivity index (χ2n) is 8.85. The molecule has 0 fully saturated rings. The van der Waals surface area contributed by atoms with Crippen molar-refractivity contribution in [3.05, 3.63) is 23.8 Å². The molecule has 1 rings (SSSR count). The lowest BCUT2D eigenvalue weighted by molar-refractivity contribution is -0.154. The SMILES string of the molecule is CCOC(=O)C[C@H](C/C=C/c1nc(CO[Si](C)(C)C(C)(C)C)cn1C)C(=O)OCC. The summed E-state index contributed by atoms with van der Waals surface area (Å²) in [5.74, 6) is -0.589. The van der Waals surface area contributed by atoms with Gasteiger partial charge in [-0.25, -0.2) is 4.98 Å². The Hall–Kier alpha value is -1.93. The van der Waals surface area contributed by atoms with Crippen LogP contribution in [-0.2, 0) is 37.1 Å². The van der Waals surface area contributed by atoms with Gasteiger partial charge < -0.3 is 18.5 Å². The van der Waals surface area contributed by atoms with Gasteiger partial charge in [-0.15, -0.1) is 0 Å². The van der Waals surface area contributed by atoms with Crippen LogP contribution in [0.2, 0.25) is 18.1 Å². The first-order valence-corrected chi connectivity index (χ1v) is 13.5. The predicted octanol–water partition coefficient (Wildman–Crippen LogP) is 4.48. The molecule has 0 unspecified atom stereocenters. The molecule has 0 amide bonds. The molecule has 7 nitrogen and oxygen atoms in total. The Bertz CT molecular complexity index is 734. The minimum atomic E-state index is -1.84. The largest absolute Gasteiger partial charge is 0.466 e. The van der Waals surface area contributed by atoms with E-state index < -0.39 is 26.2 Å². The van der Waals surface area contributed by atoms with Gasteiger partial charge in [-0.3, -0.25) is 9.59 Å². The van der Waals surface area contributed by atoms with Crippen molar-refractivity contribution < 1.29 is 23.5 Å². The van der Waals surface area contributed by atoms with Crippen LogP contribution in [-0.4, -0.2) is 43.0 Å². The Morgan fingerprint density at radius 1 is 1.20 bits per heavy atom. The highest BCUT2D eigenvalue weighted by Gasteiger charge is 2.37. The van der Waals surface area contributed by atoms with E-state index in [-0.39, 0.29) is 24.7 Å². The first kappa shape index (κ1) is 26.1. The van der Waals surface area contributed by atoms with Crippen molar-refractivity contribution >= 4 is 26.3 Å². The first-order chi connectivity index (χ1) is 13.9. The molecule has 8 heteroatoms. The Kier molecular flexibility index (Phi) is 9.97. The number of carbonyl (C=O) groups is 2. The lowest BCUT2D eigenvalue weighted by atomic mass is 10.0. The molecular weight excluding hydrogens is 400 g/mol. The fourth-order valence-corrected chi connectivity index (χ4v) is 3.46. The number of allylic oxidation sites excluding steroid dienone is 1. The van der Waals surface area contributed by atoms with E-state index in [1.165, 1.54) is 0 Å². The molecule has 1 heterocycles. The van der Waals surface area contributed by atoms with E-state index in [1.54, 1.807) is 13.8 Å². The number of rotatable bonds is 11. The van der Waals surface area contributed by atoms with E-state index in [2.05, 4.69) is 38.8 Å². The Labute approximate surface area is 181 Å². The smallest absolute Gasteiger partial charge is 0.309 e. The Balaban J connectivity index is 2.78. The number of esters is 2. The minimum Gasteiger partial charge on any atom is -0.466 e. The van der Waals surface area contributed by atoms with E-state index >= 15 is 0 Å². The van der Waals surface area contributed by atoms with Crippen LogP contribution in [0.25, 0.3) is 6.08 Å². The normalized spacial score (nSPS) is 13.5. The summed E-state index contributed by atoms with van der Waals surface area (Å²) < 4.78 is 18.2. The molecule has 0 radical (unpaired) electrons. The molecule has 30 heavy (non-hydrogen) atoms. The lowest BCUT2D eigenvalue weighted by Crippen LogP contribution is -2.40. The number of imidazole rings is 1. The van der Waals surface area contributed by atoms with Crippen LogP contribution < -0.4 is 0 Å². The molecule has 1 atom stereocenters. The quantitative estimate of drug-likeness (QED) is 0.374. The van der Waals surface area contributed by atoms with Gasteiger partial charge in [0, 0.05) is 13.2 Å². The molecule has 0 aliphatic heterocycles. The van der Waals surface area contributed by atoms with Crippen molar-refractivity contribution in [3.63, 3.8) is 0 Å². The van der Waals surface area contributed by atoms with Crippen molar-refractivity contribution in [1.82, 2.24) is 9.55 Å². The van der Waals surface area contributed by atoms with Crippen LogP contribution in [0.15, 0.2) is 12.3 Å². The maximum Gasteiger partial charge on any atom is 0.309 e. The molecule has 1 aromatic rings. The van der Waals surface area contributed by atoms with Crippen LogP contribution in [0, 0.1) is 5.92 Å². The Morgan fingerprint density at radius 3 is 2.40 bits per heavy atom. The summed E-state index contributed by atoms with van der Waals surface area (Å²) in [5, 5.41) is 0.144. The molecule has 0 aromatic carbocycles. The maximum absolute atomic E-state index is 12.2. The fourth-order valence-electron chi connectivity index (χ4n) is 2.52. The number of aromatic nitrogens is 2. The van der Waals surface area contributed by atoms with Crippen LogP contribution in [0.1, 0.15) is 59.0 Å². The van der Waals surface area contributed by atoms with Gasteiger partial charge in [-0.1, -0.05) is 26.8 Å². The summed E-state index contributed by atoms with van der Waals surface area (Å²) in [6.07, 6.45) is 6.03. The monoisotopic (exact) mass is 438 g/mol. The van der Waals surface area contributed by atoms with Crippen LogP contribution in [0.5, 0.6) is 0 Å². The zero-order valence-corrected chi connectivity index (χ0v) is 20.8. The average Bonchev–Trinajstić information content (AvgIpc) is 2.98. The highest BCUT2D eigenvalue weighted by molar-refractivity contribution is 6.74. The third kappa shape index (κ3) is 8.06. The second-order valence-corrected chi connectivity index (χ2v) is 13.7. The van der Waals surface area contributed by atoms with E-state index in [1.807, 2.05) is 30.0 Å². The Morgan fingerprint density at radius 2 is 1.83 bits per heavy atom. The van der Waals surface area contributed by atoms with Gasteiger partial charge in [0.15, 0.2) is 8.32 Å². The van der Waals surface area contributed by atoms with Gasteiger partial charge >= 0.3 is 11.9 Å². The third-order valence-corrected chi connectivity index (χ3v) is 9.85. The van der Waals surface area contributed by atoms with Crippen LogP contribution in [0.4, 0.5) is 0 Å². The highest BCUT2D eigenvalue weighted by Crippen LogP contribution is 2.37. The molecule has 0 saturated carbocycles. The maximum atomic E-state index is 12.2. The number of nitrogens with zero attached hydrogens (tertiary/aromatic N) is 2. The van der Waals surface area contributed by atoms with Gasteiger partial charge in [0.25, 0.3) is 0 Å². The number of hydrogen-bond acceptors (Lipinski definition) is 6. The standard InChI is InChI=1S/C22H38N2O5Si/c1-9-27-20(25)14-17(21(26)28-10-2)12-11-13-19-23-18(15-24(19)6)16-29-30(7,8)22(3,4)5/h11,13,15,17H,9-10,12,14,16H2,1-8H3/b13-11+/t17-/m0/s1. The van der Waals surface area contributed by atoms with E-state index in [0.717, 1.165) is 11.5 Å². The van der Waals surface area contributed by atoms with Crippen LogP contribution in [0.3, 0.4) is 0 Å². The molecule has 0 spiro atoms. The summed E-state index contributed by atoms with van der Waals surface area (Å²) in [6, 6.07) is 0. The molecule has 170 valence electrons. The van der Waals surface area contributed by atoms with Crippen molar-refractivity contribution in [2.45, 2.75) is 72.2 Å². The highest BCUT2D eigenvalue weighted by atomic mass is 28.4. The molecular formula is C22H38N2O5Si. The van der Waals surface area contributed by atoms with Gasteiger partial charge in [0.1, 0.15) is 5.82 Å². The zero-order valence-electron chi connectivity index (χ0n) is 19.8. The number of aryl methyl sites for hydroxylation is 1. The lowest BCUT2D eigenvalue weighted by Gasteiger charge is -2.35. The summed E-state index contributed by atoms with van der Waals surface area (Å²) in [4.78, 5) is 28.6. The number of hydrogen-bond donors (Lipinski definition) is 0. The average molecular weight is 439 g/mol. The van der Waals surface area contributed by atoms with Gasteiger partial charge in [0.05, 0.1) is 37.9 Å². The molecule has 0 N–H and O–H groups in total. The molecule has 0 saturated heterocycles.